The number of rotatable bonds is 6. The average molecular weight is 471 g/mol. The number of halogens is 1. The molecule has 0 aliphatic carbocycles. The summed E-state index contributed by atoms with van der Waals surface area (Å²) in [5.41, 5.74) is 2.46. The number of aryl methyl sites for hydroxylation is 2. The molecule has 2 heterocycles. The molecule has 4 nitrogen and oxygen atoms in total. The van der Waals surface area contributed by atoms with Gasteiger partial charge in [0.1, 0.15) is 10.8 Å². The molecule has 0 amide bonds. The van der Waals surface area contributed by atoms with Crippen LogP contribution in [0.2, 0.25) is 0 Å². The van der Waals surface area contributed by atoms with E-state index in [0.717, 1.165) is 20.7 Å². The van der Waals surface area contributed by atoms with Crippen molar-refractivity contribution >= 4 is 21.4 Å². The van der Waals surface area contributed by atoms with Crippen LogP contribution < -0.4 is 10.3 Å². The molecule has 0 N–H and O–H groups in total. The summed E-state index contributed by atoms with van der Waals surface area (Å²) >= 11 is 1.55. The molecular weight excluding hydrogens is 447 g/mol. The van der Waals surface area contributed by atoms with Gasteiger partial charge in [0.15, 0.2) is 11.6 Å². The Morgan fingerprint density at radius 3 is 2.50 bits per heavy atom. The van der Waals surface area contributed by atoms with Gasteiger partial charge in [-0.05, 0) is 55.0 Å². The quantitative estimate of drug-likeness (QED) is 0.290. The molecule has 170 valence electrons. The lowest BCUT2D eigenvalue weighted by Gasteiger charge is -2.16. The van der Waals surface area contributed by atoms with Gasteiger partial charge in [0.25, 0.3) is 5.56 Å². The van der Waals surface area contributed by atoms with Crippen molar-refractivity contribution in [1.82, 2.24) is 9.55 Å². The van der Waals surface area contributed by atoms with E-state index < -0.39 is 5.82 Å². The molecule has 0 aliphatic heterocycles. The van der Waals surface area contributed by atoms with Crippen LogP contribution in [0.5, 0.6) is 5.75 Å². The van der Waals surface area contributed by atoms with Crippen molar-refractivity contribution < 1.29 is 9.13 Å². The number of nitrogens with zero attached hydrogens (tertiary/aromatic N) is 2. The minimum Gasteiger partial charge on any atom is -0.493 e. The Morgan fingerprint density at radius 1 is 0.971 bits per heavy atom. The van der Waals surface area contributed by atoms with Crippen molar-refractivity contribution in [2.24, 2.45) is 0 Å². The highest BCUT2D eigenvalue weighted by atomic mass is 32.1. The van der Waals surface area contributed by atoms with Gasteiger partial charge < -0.3 is 4.74 Å². The second kappa shape index (κ2) is 9.23. The summed E-state index contributed by atoms with van der Waals surface area (Å²) in [4.78, 5) is 18.8. The Labute approximate surface area is 200 Å². The second-order valence-electron chi connectivity index (χ2n) is 8.06. The van der Waals surface area contributed by atoms with Crippen molar-refractivity contribution in [3.8, 4) is 22.0 Å². The number of para-hydroxylation sites is 1. The number of hydrogen-bond donors (Lipinski definition) is 0. The molecule has 0 radical (unpaired) electrons. The molecule has 5 aromatic rings. The van der Waals surface area contributed by atoms with Crippen molar-refractivity contribution in [2.75, 3.05) is 7.11 Å². The van der Waals surface area contributed by atoms with Crippen molar-refractivity contribution in [1.29, 1.82) is 0 Å². The number of fused-ring (bicyclic) bond motifs is 1. The minimum atomic E-state index is -0.484. The zero-order chi connectivity index (χ0) is 23.7. The predicted octanol–water partition coefficient (Wildman–Crippen LogP) is 6.36. The molecule has 0 saturated heterocycles. The SMILES string of the molecule is COc1c(F)cccc1-c1nc(C)n(-c2cc3ccccc3s2)c(=O)c1CCc1ccccc1. The van der Waals surface area contributed by atoms with Gasteiger partial charge in [-0.2, -0.15) is 0 Å². The van der Waals surface area contributed by atoms with Gasteiger partial charge in [0, 0.05) is 15.8 Å². The van der Waals surface area contributed by atoms with E-state index in [-0.39, 0.29) is 11.3 Å². The fourth-order valence-electron chi connectivity index (χ4n) is 4.27. The van der Waals surface area contributed by atoms with Crippen LogP contribution in [0.25, 0.3) is 26.3 Å². The minimum absolute atomic E-state index is 0.0920. The van der Waals surface area contributed by atoms with Gasteiger partial charge in [0.2, 0.25) is 0 Å². The number of methoxy groups -OCH3 is 1. The maximum atomic E-state index is 14.5. The summed E-state index contributed by atoms with van der Waals surface area (Å²) in [5, 5.41) is 1.89. The Kier molecular flexibility index (Phi) is 5.99. The molecule has 0 saturated carbocycles. The van der Waals surface area contributed by atoms with Gasteiger partial charge >= 0.3 is 0 Å². The molecule has 0 atom stereocenters. The Hall–Kier alpha value is -3.77. The third kappa shape index (κ3) is 4.01. The van der Waals surface area contributed by atoms with Crippen molar-refractivity contribution in [2.45, 2.75) is 19.8 Å². The molecule has 0 bridgehead atoms. The molecule has 34 heavy (non-hydrogen) atoms. The van der Waals surface area contributed by atoms with Crippen LogP contribution in [-0.4, -0.2) is 16.7 Å². The van der Waals surface area contributed by atoms with E-state index in [4.69, 9.17) is 9.72 Å². The maximum Gasteiger partial charge on any atom is 0.262 e. The summed E-state index contributed by atoms with van der Waals surface area (Å²) in [5.74, 6) is 0.151. The fraction of sp³-hybridized carbons (Fsp3) is 0.143. The molecule has 5 rings (SSSR count). The number of thiophene rings is 1. The highest BCUT2D eigenvalue weighted by molar-refractivity contribution is 7.21. The van der Waals surface area contributed by atoms with E-state index in [2.05, 4.69) is 0 Å². The third-order valence-corrected chi connectivity index (χ3v) is 7.01. The van der Waals surface area contributed by atoms with Crippen molar-refractivity contribution in [3.05, 3.63) is 112 Å². The maximum absolute atomic E-state index is 14.5. The zero-order valence-corrected chi connectivity index (χ0v) is 19.7. The van der Waals surface area contributed by atoms with Gasteiger partial charge in [-0.3, -0.25) is 9.36 Å². The predicted molar refractivity (Wildman–Crippen MR) is 136 cm³/mol. The molecule has 2 aromatic heterocycles. The van der Waals surface area contributed by atoms with E-state index in [1.165, 1.54) is 13.2 Å². The van der Waals surface area contributed by atoms with Crippen LogP contribution in [0.15, 0.2) is 83.7 Å². The Balaban J connectivity index is 1.71. The molecule has 0 aliphatic rings. The van der Waals surface area contributed by atoms with Crippen LogP contribution in [0.3, 0.4) is 0 Å². The van der Waals surface area contributed by atoms with Crippen LogP contribution in [0, 0.1) is 12.7 Å². The van der Waals surface area contributed by atoms with Crippen molar-refractivity contribution in [3.63, 3.8) is 0 Å². The third-order valence-electron chi connectivity index (χ3n) is 5.91. The zero-order valence-electron chi connectivity index (χ0n) is 18.9. The van der Waals surface area contributed by atoms with E-state index in [9.17, 15) is 9.18 Å². The van der Waals surface area contributed by atoms with E-state index in [1.807, 2.05) is 67.6 Å². The van der Waals surface area contributed by atoms with Gasteiger partial charge in [-0.15, -0.1) is 11.3 Å². The summed E-state index contributed by atoms with van der Waals surface area (Å²) in [6.45, 7) is 1.81. The van der Waals surface area contributed by atoms with E-state index >= 15 is 0 Å². The standard InChI is InChI=1S/C28H23FN2O2S/c1-18-30-26(21-12-8-13-23(29)27(21)33-2)22(16-15-19-9-4-3-5-10-19)28(32)31(18)25-17-20-11-6-7-14-24(20)34-25/h3-14,17H,15-16H2,1-2H3. The number of aromatic nitrogens is 2. The lowest BCUT2D eigenvalue weighted by atomic mass is 9.99. The highest BCUT2D eigenvalue weighted by Crippen LogP contribution is 2.34. The Bertz CT molecular complexity index is 1510. The lowest BCUT2D eigenvalue weighted by Crippen LogP contribution is -2.27. The molecule has 6 heteroatoms. The van der Waals surface area contributed by atoms with Crippen LogP contribution in [0.4, 0.5) is 4.39 Å². The van der Waals surface area contributed by atoms with Gasteiger partial charge in [0.05, 0.1) is 12.8 Å². The average Bonchev–Trinajstić information content (AvgIpc) is 3.27. The first-order chi connectivity index (χ1) is 16.6. The van der Waals surface area contributed by atoms with E-state index in [0.29, 0.717) is 35.5 Å². The summed E-state index contributed by atoms with van der Waals surface area (Å²) in [6.07, 6.45) is 1.13. The summed E-state index contributed by atoms with van der Waals surface area (Å²) < 4.78 is 22.7. The van der Waals surface area contributed by atoms with Gasteiger partial charge in [-0.1, -0.05) is 54.6 Å². The number of ether oxygens (including phenoxy) is 1. The molecular formula is C28H23FN2O2S. The normalized spacial score (nSPS) is 11.1. The Morgan fingerprint density at radius 2 is 1.74 bits per heavy atom. The first-order valence-electron chi connectivity index (χ1n) is 11.0. The molecule has 0 spiro atoms. The van der Waals surface area contributed by atoms with E-state index in [1.54, 1.807) is 28.0 Å². The smallest absolute Gasteiger partial charge is 0.262 e. The first-order valence-corrected chi connectivity index (χ1v) is 11.9. The van der Waals surface area contributed by atoms with Crippen LogP contribution in [-0.2, 0) is 12.8 Å². The van der Waals surface area contributed by atoms with Gasteiger partial charge in [-0.25, -0.2) is 9.37 Å². The lowest BCUT2D eigenvalue weighted by molar-refractivity contribution is 0.388. The highest BCUT2D eigenvalue weighted by Gasteiger charge is 2.22. The molecule has 0 unspecified atom stereocenters. The number of benzene rings is 3. The summed E-state index contributed by atoms with van der Waals surface area (Å²) in [7, 11) is 1.43. The molecule has 3 aromatic carbocycles. The van der Waals surface area contributed by atoms with Crippen LogP contribution in [0.1, 0.15) is 17.0 Å². The topological polar surface area (TPSA) is 44.1 Å². The molecule has 0 fully saturated rings. The monoisotopic (exact) mass is 470 g/mol. The second-order valence-corrected chi connectivity index (χ2v) is 9.12. The first kappa shape index (κ1) is 22.0. The largest absolute Gasteiger partial charge is 0.493 e. The van der Waals surface area contributed by atoms with Crippen LogP contribution >= 0.6 is 11.3 Å². The number of hydrogen-bond acceptors (Lipinski definition) is 4. The summed E-state index contributed by atoms with van der Waals surface area (Å²) in [6, 6.07) is 24.8. The fourth-order valence-corrected chi connectivity index (χ4v) is 5.37.